The van der Waals surface area contributed by atoms with Gasteiger partial charge in [0.1, 0.15) is 12.2 Å². The third kappa shape index (κ3) is 4.97. The van der Waals surface area contributed by atoms with Crippen molar-refractivity contribution in [3.63, 3.8) is 0 Å². The van der Waals surface area contributed by atoms with E-state index in [1.807, 2.05) is 11.7 Å². The Hall–Kier alpha value is -1.68. The van der Waals surface area contributed by atoms with Gasteiger partial charge in [-0.3, -0.25) is 4.68 Å². The Morgan fingerprint density at radius 1 is 1.33 bits per heavy atom. The molecule has 0 fully saturated rings. The summed E-state index contributed by atoms with van der Waals surface area (Å²) < 4.78 is 1.87. The topological polar surface area (TPSA) is 42.7 Å². The molecule has 0 saturated heterocycles. The molecule has 1 aromatic heterocycles. The van der Waals surface area contributed by atoms with Gasteiger partial charge in [-0.15, -0.1) is 0 Å². The Morgan fingerprint density at radius 2 is 2.19 bits per heavy atom. The SMILES string of the molecule is CCCNC(CCc1cccc(C)c1)Cc1ncnn1C. The molecule has 1 atom stereocenters. The van der Waals surface area contributed by atoms with Gasteiger partial charge in [-0.2, -0.15) is 5.10 Å². The molecule has 0 spiro atoms. The molecule has 0 aliphatic heterocycles. The predicted octanol–water partition coefficient (Wildman–Crippen LogP) is 2.67. The molecule has 21 heavy (non-hydrogen) atoms. The highest BCUT2D eigenvalue weighted by atomic mass is 15.3. The lowest BCUT2D eigenvalue weighted by atomic mass is 10.0. The van der Waals surface area contributed by atoms with Crippen LogP contribution in [-0.2, 0) is 19.9 Å². The fourth-order valence-electron chi connectivity index (χ4n) is 2.56. The lowest BCUT2D eigenvalue weighted by Gasteiger charge is -2.18. The van der Waals surface area contributed by atoms with Crippen LogP contribution in [0.1, 0.15) is 36.7 Å². The first kappa shape index (κ1) is 15.7. The van der Waals surface area contributed by atoms with E-state index < -0.39 is 0 Å². The maximum Gasteiger partial charge on any atom is 0.138 e. The van der Waals surface area contributed by atoms with E-state index in [9.17, 15) is 0 Å². The lowest BCUT2D eigenvalue weighted by molar-refractivity contribution is 0.461. The molecule has 0 aliphatic rings. The van der Waals surface area contributed by atoms with Gasteiger partial charge < -0.3 is 5.32 Å². The molecule has 0 radical (unpaired) electrons. The Labute approximate surface area is 127 Å². The summed E-state index contributed by atoms with van der Waals surface area (Å²) in [6.07, 6.45) is 5.94. The summed E-state index contributed by atoms with van der Waals surface area (Å²) >= 11 is 0. The standard InChI is InChI=1S/C17H26N4/c1-4-10-18-16(12-17-19-13-20-21(17)3)9-8-15-7-5-6-14(2)11-15/h5-7,11,13,16,18H,4,8-10,12H2,1-3H3. The third-order valence-corrected chi connectivity index (χ3v) is 3.78. The summed E-state index contributed by atoms with van der Waals surface area (Å²) in [6, 6.07) is 9.23. The van der Waals surface area contributed by atoms with Crippen molar-refractivity contribution in [2.45, 2.75) is 45.6 Å². The average Bonchev–Trinajstić information content (AvgIpc) is 2.87. The van der Waals surface area contributed by atoms with Crippen LogP contribution in [0.5, 0.6) is 0 Å². The Bertz CT molecular complexity index is 547. The second-order valence-electron chi connectivity index (χ2n) is 5.68. The lowest BCUT2D eigenvalue weighted by Crippen LogP contribution is -2.33. The molecule has 0 bridgehead atoms. The number of rotatable bonds is 8. The maximum atomic E-state index is 4.34. The van der Waals surface area contributed by atoms with Gasteiger partial charge in [-0.1, -0.05) is 36.8 Å². The predicted molar refractivity (Wildman–Crippen MR) is 86.3 cm³/mol. The summed E-state index contributed by atoms with van der Waals surface area (Å²) in [7, 11) is 1.96. The minimum absolute atomic E-state index is 0.452. The summed E-state index contributed by atoms with van der Waals surface area (Å²) in [5.74, 6) is 1.05. The van der Waals surface area contributed by atoms with E-state index in [4.69, 9.17) is 0 Å². The first-order chi connectivity index (χ1) is 10.2. The molecule has 2 aromatic rings. The average molecular weight is 286 g/mol. The molecule has 1 N–H and O–H groups in total. The highest BCUT2D eigenvalue weighted by Crippen LogP contribution is 2.10. The van der Waals surface area contributed by atoms with Crippen molar-refractivity contribution < 1.29 is 0 Å². The molecule has 0 saturated carbocycles. The van der Waals surface area contributed by atoms with E-state index in [0.717, 1.165) is 38.1 Å². The first-order valence-corrected chi connectivity index (χ1v) is 7.81. The van der Waals surface area contributed by atoms with Gasteiger partial charge in [0.2, 0.25) is 0 Å². The maximum absolute atomic E-state index is 4.34. The van der Waals surface area contributed by atoms with Crippen LogP contribution in [0, 0.1) is 6.92 Å². The quantitative estimate of drug-likeness (QED) is 0.811. The fraction of sp³-hybridized carbons (Fsp3) is 0.529. The van der Waals surface area contributed by atoms with Crippen molar-refractivity contribution in [3.8, 4) is 0 Å². The summed E-state index contributed by atoms with van der Waals surface area (Å²) in [4.78, 5) is 4.34. The van der Waals surface area contributed by atoms with E-state index in [-0.39, 0.29) is 0 Å². The Balaban J connectivity index is 1.94. The molecular formula is C17H26N4. The number of hydrogen-bond donors (Lipinski definition) is 1. The van der Waals surface area contributed by atoms with Gasteiger partial charge in [0.15, 0.2) is 0 Å². The molecule has 1 heterocycles. The molecule has 4 heteroatoms. The highest BCUT2D eigenvalue weighted by Gasteiger charge is 2.12. The van der Waals surface area contributed by atoms with E-state index >= 15 is 0 Å². The van der Waals surface area contributed by atoms with Crippen LogP contribution in [-0.4, -0.2) is 27.4 Å². The van der Waals surface area contributed by atoms with Gasteiger partial charge in [0, 0.05) is 19.5 Å². The number of benzene rings is 1. The summed E-state index contributed by atoms with van der Waals surface area (Å²) in [6.45, 7) is 5.40. The number of aromatic nitrogens is 3. The van der Waals surface area contributed by atoms with E-state index in [1.165, 1.54) is 11.1 Å². The number of nitrogens with one attached hydrogen (secondary N) is 1. The molecule has 0 amide bonds. The molecule has 2 rings (SSSR count). The smallest absolute Gasteiger partial charge is 0.138 e. The van der Waals surface area contributed by atoms with Gasteiger partial charge in [-0.05, 0) is 38.3 Å². The van der Waals surface area contributed by atoms with Crippen molar-refractivity contribution >= 4 is 0 Å². The second kappa shape index (κ2) is 7.93. The van der Waals surface area contributed by atoms with Gasteiger partial charge in [0.25, 0.3) is 0 Å². The van der Waals surface area contributed by atoms with Crippen LogP contribution in [0.2, 0.25) is 0 Å². The zero-order valence-electron chi connectivity index (χ0n) is 13.3. The van der Waals surface area contributed by atoms with Crippen LogP contribution >= 0.6 is 0 Å². The van der Waals surface area contributed by atoms with Crippen LogP contribution < -0.4 is 5.32 Å². The van der Waals surface area contributed by atoms with Crippen LogP contribution in [0.25, 0.3) is 0 Å². The van der Waals surface area contributed by atoms with Crippen LogP contribution in [0.3, 0.4) is 0 Å². The Kier molecular flexibility index (Phi) is 5.93. The van der Waals surface area contributed by atoms with Crippen LogP contribution in [0.4, 0.5) is 0 Å². The van der Waals surface area contributed by atoms with Crippen molar-refractivity contribution in [2.24, 2.45) is 7.05 Å². The molecule has 0 aliphatic carbocycles. The molecule has 114 valence electrons. The monoisotopic (exact) mass is 286 g/mol. The zero-order valence-corrected chi connectivity index (χ0v) is 13.3. The van der Waals surface area contributed by atoms with Crippen molar-refractivity contribution in [3.05, 3.63) is 47.5 Å². The number of hydrogen-bond acceptors (Lipinski definition) is 3. The molecule has 1 unspecified atom stereocenters. The minimum atomic E-state index is 0.452. The minimum Gasteiger partial charge on any atom is -0.314 e. The highest BCUT2D eigenvalue weighted by molar-refractivity contribution is 5.22. The van der Waals surface area contributed by atoms with E-state index in [2.05, 4.69) is 53.5 Å². The van der Waals surface area contributed by atoms with Gasteiger partial charge in [-0.25, -0.2) is 4.98 Å². The van der Waals surface area contributed by atoms with Gasteiger partial charge in [0.05, 0.1) is 0 Å². The van der Waals surface area contributed by atoms with Crippen LogP contribution in [0.15, 0.2) is 30.6 Å². The first-order valence-electron chi connectivity index (χ1n) is 7.81. The second-order valence-corrected chi connectivity index (χ2v) is 5.68. The number of aryl methyl sites for hydroxylation is 3. The normalized spacial score (nSPS) is 12.5. The van der Waals surface area contributed by atoms with E-state index in [1.54, 1.807) is 6.33 Å². The van der Waals surface area contributed by atoms with Crippen molar-refractivity contribution in [1.82, 2.24) is 20.1 Å². The van der Waals surface area contributed by atoms with Crippen molar-refractivity contribution in [2.75, 3.05) is 6.54 Å². The molecule has 4 nitrogen and oxygen atoms in total. The summed E-state index contributed by atoms with van der Waals surface area (Å²) in [5, 5.41) is 7.80. The van der Waals surface area contributed by atoms with E-state index in [0.29, 0.717) is 6.04 Å². The van der Waals surface area contributed by atoms with Gasteiger partial charge >= 0.3 is 0 Å². The Morgan fingerprint density at radius 3 is 2.86 bits per heavy atom. The third-order valence-electron chi connectivity index (χ3n) is 3.78. The molecule has 1 aromatic carbocycles. The zero-order chi connectivity index (χ0) is 15.1. The number of nitrogens with zero attached hydrogens (tertiary/aromatic N) is 3. The van der Waals surface area contributed by atoms with Crippen molar-refractivity contribution in [1.29, 1.82) is 0 Å². The molecular weight excluding hydrogens is 260 g/mol. The fourth-order valence-corrected chi connectivity index (χ4v) is 2.56. The summed E-state index contributed by atoms with van der Waals surface area (Å²) in [5.41, 5.74) is 2.75. The largest absolute Gasteiger partial charge is 0.314 e.